The summed E-state index contributed by atoms with van der Waals surface area (Å²) >= 11 is 0. The normalized spacial score (nSPS) is 11.5. The molecule has 3 aromatic carbocycles. The van der Waals surface area contributed by atoms with Crippen molar-refractivity contribution < 1.29 is 18.7 Å². The first kappa shape index (κ1) is 25.9. The Kier molecular flexibility index (Phi) is 9.84. The molecule has 0 spiro atoms. The van der Waals surface area contributed by atoms with Crippen molar-refractivity contribution in [1.82, 2.24) is 10.2 Å². The molecule has 0 saturated heterocycles. The van der Waals surface area contributed by atoms with Crippen LogP contribution in [0, 0.1) is 12.7 Å². The molecule has 35 heavy (non-hydrogen) atoms. The van der Waals surface area contributed by atoms with Gasteiger partial charge in [-0.05, 0) is 37.1 Å². The van der Waals surface area contributed by atoms with Crippen LogP contribution in [-0.4, -0.2) is 35.9 Å². The van der Waals surface area contributed by atoms with E-state index in [1.807, 2.05) is 56.3 Å². The fraction of sp³-hybridized carbons (Fsp3) is 0.310. The number of unbranched alkanes of at least 4 members (excludes halogenated alkanes) is 1. The number of nitrogens with one attached hydrogen (secondary N) is 1. The summed E-state index contributed by atoms with van der Waals surface area (Å²) in [6.07, 6.45) is 2.08. The number of aryl methyl sites for hydroxylation is 1. The van der Waals surface area contributed by atoms with Crippen LogP contribution in [0.3, 0.4) is 0 Å². The third-order valence-corrected chi connectivity index (χ3v) is 5.78. The molecule has 0 aliphatic heterocycles. The second-order valence-electron chi connectivity index (χ2n) is 8.56. The van der Waals surface area contributed by atoms with Crippen LogP contribution in [0.5, 0.6) is 5.75 Å². The molecule has 0 radical (unpaired) electrons. The van der Waals surface area contributed by atoms with Gasteiger partial charge in [0.2, 0.25) is 5.91 Å². The minimum Gasteiger partial charge on any atom is -0.484 e. The summed E-state index contributed by atoms with van der Waals surface area (Å²) in [5, 5.41) is 2.95. The van der Waals surface area contributed by atoms with Gasteiger partial charge in [0.1, 0.15) is 17.6 Å². The molecule has 3 aromatic rings. The smallest absolute Gasteiger partial charge is 0.261 e. The highest BCUT2D eigenvalue weighted by Gasteiger charge is 2.31. The molecule has 0 unspecified atom stereocenters. The highest BCUT2D eigenvalue weighted by atomic mass is 19.1. The molecular formula is C29H33FN2O3. The zero-order valence-electron chi connectivity index (χ0n) is 20.4. The van der Waals surface area contributed by atoms with Crippen molar-refractivity contribution in [3.8, 4) is 5.75 Å². The molecule has 1 N–H and O–H groups in total. The standard InChI is InChI=1S/C29H33FN2O3/c1-3-4-18-31-29(34)27(19-23-10-6-5-7-11-23)32(20-24-12-8-9-13-26(24)30)28(33)21-35-25-16-14-22(2)15-17-25/h5-17,27H,3-4,18-21H2,1-2H3,(H,31,34)/t27-/m1/s1. The lowest BCUT2D eigenvalue weighted by molar-refractivity contribution is -0.142. The van der Waals surface area contributed by atoms with Gasteiger partial charge in [-0.25, -0.2) is 4.39 Å². The molecule has 0 fully saturated rings. The number of ether oxygens (including phenoxy) is 1. The van der Waals surface area contributed by atoms with E-state index in [4.69, 9.17) is 4.74 Å². The summed E-state index contributed by atoms with van der Waals surface area (Å²) < 4.78 is 20.3. The maximum absolute atomic E-state index is 14.6. The van der Waals surface area contributed by atoms with Gasteiger partial charge in [-0.2, -0.15) is 0 Å². The Bertz CT molecular complexity index is 1090. The largest absolute Gasteiger partial charge is 0.484 e. The van der Waals surface area contributed by atoms with Crippen LogP contribution in [0.1, 0.15) is 36.5 Å². The molecule has 184 valence electrons. The molecule has 0 heterocycles. The van der Waals surface area contributed by atoms with Crippen LogP contribution in [0.15, 0.2) is 78.9 Å². The van der Waals surface area contributed by atoms with Crippen molar-refractivity contribution in [2.45, 2.75) is 45.7 Å². The number of hydrogen-bond donors (Lipinski definition) is 1. The SMILES string of the molecule is CCCCNC(=O)[C@@H](Cc1ccccc1)N(Cc1ccccc1F)C(=O)COc1ccc(C)cc1. The van der Waals surface area contributed by atoms with Crippen LogP contribution in [0.2, 0.25) is 0 Å². The number of hydrogen-bond acceptors (Lipinski definition) is 3. The van der Waals surface area contributed by atoms with E-state index < -0.39 is 11.9 Å². The van der Waals surface area contributed by atoms with Crippen molar-refractivity contribution in [1.29, 1.82) is 0 Å². The zero-order valence-corrected chi connectivity index (χ0v) is 20.4. The Morgan fingerprint density at radius 2 is 1.66 bits per heavy atom. The second kappa shape index (κ2) is 13.3. The van der Waals surface area contributed by atoms with Gasteiger partial charge in [-0.1, -0.05) is 79.6 Å². The van der Waals surface area contributed by atoms with Crippen molar-refractivity contribution in [3.05, 3.63) is 101 Å². The van der Waals surface area contributed by atoms with E-state index in [1.165, 1.54) is 11.0 Å². The fourth-order valence-corrected chi connectivity index (χ4v) is 3.73. The Hall–Kier alpha value is -3.67. The first-order valence-corrected chi connectivity index (χ1v) is 12.0. The van der Waals surface area contributed by atoms with Crippen molar-refractivity contribution in [3.63, 3.8) is 0 Å². The van der Waals surface area contributed by atoms with Gasteiger partial charge in [0.25, 0.3) is 5.91 Å². The van der Waals surface area contributed by atoms with Crippen molar-refractivity contribution in [2.75, 3.05) is 13.2 Å². The number of carbonyl (C=O) groups excluding carboxylic acids is 2. The molecule has 1 atom stereocenters. The van der Waals surface area contributed by atoms with E-state index in [-0.39, 0.29) is 25.0 Å². The third-order valence-electron chi connectivity index (χ3n) is 5.78. The Morgan fingerprint density at radius 3 is 2.34 bits per heavy atom. The van der Waals surface area contributed by atoms with E-state index in [2.05, 4.69) is 5.32 Å². The predicted octanol–water partition coefficient (Wildman–Crippen LogP) is 5.07. The van der Waals surface area contributed by atoms with Crippen LogP contribution >= 0.6 is 0 Å². The topological polar surface area (TPSA) is 58.6 Å². The predicted molar refractivity (Wildman–Crippen MR) is 135 cm³/mol. The Balaban J connectivity index is 1.88. The maximum Gasteiger partial charge on any atom is 0.261 e. The van der Waals surface area contributed by atoms with Gasteiger partial charge in [0.05, 0.1) is 0 Å². The average Bonchev–Trinajstić information content (AvgIpc) is 2.87. The molecule has 0 bridgehead atoms. The van der Waals surface area contributed by atoms with E-state index in [9.17, 15) is 14.0 Å². The summed E-state index contributed by atoms with van der Waals surface area (Å²) in [6.45, 7) is 4.23. The number of benzene rings is 3. The van der Waals surface area contributed by atoms with Crippen molar-refractivity contribution >= 4 is 11.8 Å². The molecular weight excluding hydrogens is 443 g/mol. The maximum atomic E-state index is 14.6. The summed E-state index contributed by atoms with van der Waals surface area (Å²) in [6, 6.07) is 22.4. The van der Waals surface area contributed by atoms with E-state index in [0.29, 0.717) is 24.3 Å². The summed E-state index contributed by atoms with van der Waals surface area (Å²) in [7, 11) is 0. The molecule has 3 rings (SSSR count). The molecule has 0 saturated carbocycles. The number of amides is 2. The summed E-state index contributed by atoms with van der Waals surface area (Å²) in [4.78, 5) is 28.2. The number of halogens is 1. The molecule has 5 nitrogen and oxygen atoms in total. The molecule has 0 aliphatic carbocycles. The van der Waals surface area contributed by atoms with Crippen LogP contribution in [-0.2, 0) is 22.6 Å². The third kappa shape index (κ3) is 7.95. The van der Waals surface area contributed by atoms with E-state index in [0.717, 1.165) is 24.0 Å². The monoisotopic (exact) mass is 476 g/mol. The molecule has 6 heteroatoms. The van der Waals surface area contributed by atoms with Crippen molar-refractivity contribution in [2.24, 2.45) is 0 Å². The van der Waals surface area contributed by atoms with Crippen LogP contribution in [0.25, 0.3) is 0 Å². The van der Waals surface area contributed by atoms with Gasteiger partial charge < -0.3 is 15.0 Å². The Morgan fingerprint density at radius 1 is 0.971 bits per heavy atom. The number of rotatable bonds is 12. The van der Waals surface area contributed by atoms with Crippen LogP contribution < -0.4 is 10.1 Å². The van der Waals surface area contributed by atoms with Gasteiger partial charge >= 0.3 is 0 Å². The highest BCUT2D eigenvalue weighted by molar-refractivity contribution is 5.88. The quantitative estimate of drug-likeness (QED) is 0.372. The van der Waals surface area contributed by atoms with E-state index >= 15 is 0 Å². The molecule has 0 aromatic heterocycles. The highest BCUT2D eigenvalue weighted by Crippen LogP contribution is 2.18. The lowest BCUT2D eigenvalue weighted by Crippen LogP contribution is -2.52. The first-order valence-electron chi connectivity index (χ1n) is 12.0. The number of carbonyl (C=O) groups is 2. The van der Waals surface area contributed by atoms with Gasteiger partial charge in [-0.15, -0.1) is 0 Å². The van der Waals surface area contributed by atoms with E-state index in [1.54, 1.807) is 30.3 Å². The minimum atomic E-state index is -0.817. The Labute approximate surface area is 206 Å². The van der Waals surface area contributed by atoms with Crippen LogP contribution in [0.4, 0.5) is 4.39 Å². The minimum absolute atomic E-state index is 0.0402. The lowest BCUT2D eigenvalue weighted by atomic mass is 10.0. The second-order valence-corrected chi connectivity index (χ2v) is 8.56. The molecule has 2 amide bonds. The van der Waals surface area contributed by atoms with Gasteiger partial charge in [0.15, 0.2) is 6.61 Å². The average molecular weight is 477 g/mol. The first-order chi connectivity index (χ1) is 17.0. The summed E-state index contributed by atoms with van der Waals surface area (Å²) in [5.74, 6) is -0.515. The number of nitrogens with zero attached hydrogens (tertiary/aromatic N) is 1. The van der Waals surface area contributed by atoms with Gasteiger partial charge in [0, 0.05) is 25.1 Å². The zero-order chi connectivity index (χ0) is 25.0. The fourth-order valence-electron chi connectivity index (χ4n) is 3.73. The summed E-state index contributed by atoms with van der Waals surface area (Å²) in [5.41, 5.74) is 2.33. The molecule has 0 aliphatic rings. The lowest BCUT2D eigenvalue weighted by Gasteiger charge is -2.31. The van der Waals surface area contributed by atoms with Gasteiger partial charge in [-0.3, -0.25) is 9.59 Å².